The summed E-state index contributed by atoms with van der Waals surface area (Å²) in [5.41, 5.74) is 5.03. The topological polar surface area (TPSA) is 116 Å². The van der Waals surface area contributed by atoms with Crippen molar-refractivity contribution in [3.63, 3.8) is 0 Å². The van der Waals surface area contributed by atoms with Crippen LogP contribution in [0, 0.1) is 0 Å². The summed E-state index contributed by atoms with van der Waals surface area (Å²) < 4.78 is 29.4. The average Bonchev–Trinajstić information content (AvgIpc) is 3.32. The van der Waals surface area contributed by atoms with Crippen LogP contribution < -0.4 is 15.4 Å². The van der Waals surface area contributed by atoms with E-state index in [-0.39, 0.29) is 23.2 Å². The van der Waals surface area contributed by atoms with Crippen molar-refractivity contribution >= 4 is 50.0 Å². The molecule has 3 aromatic carbocycles. The number of carbonyl (C=O) groups excluding carboxylic acids is 1. The lowest BCUT2D eigenvalue weighted by atomic mass is 10.1. The van der Waals surface area contributed by atoms with Gasteiger partial charge in [0.2, 0.25) is 5.91 Å². The normalized spacial score (nSPS) is 12.9. The van der Waals surface area contributed by atoms with E-state index in [1.54, 1.807) is 37.2 Å². The summed E-state index contributed by atoms with van der Waals surface area (Å²) in [5.74, 6) is 0.144. The molecule has 3 N–H and O–H groups in total. The minimum Gasteiger partial charge on any atom is -0.337 e. The molecule has 0 saturated heterocycles. The Bertz CT molecular complexity index is 1590. The van der Waals surface area contributed by atoms with Crippen LogP contribution in [0.2, 0.25) is 0 Å². The van der Waals surface area contributed by atoms with Gasteiger partial charge < -0.3 is 15.5 Å². The maximum Gasteiger partial charge on any atom is 0.263 e. The molecule has 0 bridgehead atoms. The van der Waals surface area contributed by atoms with E-state index in [1.807, 2.05) is 24.3 Å². The third kappa shape index (κ3) is 5.71. The number of likely N-dealkylation sites (N-methyl/N-ethyl adjacent to an activating group) is 1. The van der Waals surface area contributed by atoms with Crippen molar-refractivity contribution < 1.29 is 13.2 Å². The standard InChI is InChI=1S/C27H28N6O3S/c1-33(2)17-25(34)28-20-9-6-10-22(16-20)37(35,36)32-27-26(30-23-11-3-4-12-24(23)31-27)29-21-14-13-18-7-5-8-19(18)15-21/h3-4,6,9-16H,5,7-8,17H2,1-2H3,(H,28,34)(H,29,30)(H,31,32). The van der Waals surface area contributed by atoms with Gasteiger partial charge in [0.05, 0.1) is 22.5 Å². The molecule has 0 radical (unpaired) electrons. The summed E-state index contributed by atoms with van der Waals surface area (Å²) >= 11 is 0. The van der Waals surface area contributed by atoms with Crippen molar-refractivity contribution in [2.45, 2.75) is 24.2 Å². The third-order valence-electron chi connectivity index (χ3n) is 6.05. The molecule has 1 amide bonds. The molecule has 37 heavy (non-hydrogen) atoms. The first-order valence-corrected chi connectivity index (χ1v) is 13.5. The summed E-state index contributed by atoms with van der Waals surface area (Å²) in [6, 6.07) is 19.5. The number of para-hydroxylation sites is 2. The highest BCUT2D eigenvalue weighted by Crippen LogP contribution is 2.30. The van der Waals surface area contributed by atoms with Crippen LogP contribution in [0.1, 0.15) is 17.5 Å². The van der Waals surface area contributed by atoms with E-state index in [4.69, 9.17) is 0 Å². The number of rotatable bonds is 8. The van der Waals surface area contributed by atoms with Gasteiger partial charge in [-0.15, -0.1) is 0 Å². The van der Waals surface area contributed by atoms with Crippen molar-refractivity contribution in [1.29, 1.82) is 0 Å². The molecule has 1 aliphatic rings. The zero-order chi connectivity index (χ0) is 26.0. The molecular formula is C27H28N6O3S. The Morgan fingerprint density at radius 3 is 2.35 bits per heavy atom. The summed E-state index contributed by atoms with van der Waals surface area (Å²) in [4.78, 5) is 23.1. The van der Waals surface area contributed by atoms with Crippen molar-refractivity contribution in [2.24, 2.45) is 0 Å². The molecule has 4 aromatic rings. The lowest BCUT2D eigenvalue weighted by molar-refractivity contribution is -0.116. The fraction of sp³-hybridized carbons (Fsp3) is 0.222. The molecule has 1 heterocycles. The lowest BCUT2D eigenvalue weighted by Crippen LogP contribution is -2.27. The lowest BCUT2D eigenvalue weighted by Gasteiger charge is -2.15. The van der Waals surface area contributed by atoms with E-state index in [2.05, 4.69) is 37.5 Å². The minimum atomic E-state index is -4.04. The van der Waals surface area contributed by atoms with Gasteiger partial charge in [0.25, 0.3) is 10.0 Å². The molecule has 190 valence electrons. The second-order valence-electron chi connectivity index (χ2n) is 9.29. The zero-order valence-electron chi connectivity index (χ0n) is 20.7. The summed E-state index contributed by atoms with van der Waals surface area (Å²) in [7, 11) is -0.480. The summed E-state index contributed by atoms with van der Waals surface area (Å²) in [6.45, 7) is 0.180. The van der Waals surface area contributed by atoms with Gasteiger partial charge in [-0.05, 0) is 86.9 Å². The van der Waals surface area contributed by atoms with Crippen LogP contribution in [0.5, 0.6) is 0 Å². The molecule has 0 aliphatic heterocycles. The molecule has 0 spiro atoms. The summed E-state index contributed by atoms with van der Waals surface area (Å²) in [6.07, 6.45) is 3.23. The molecule has 9 nitrogen and oxygen atoms in total. The second kappa shape index (κ2) is 10.2. The number of aryl methyl sites for hydroxylation is 2. The first-order valence-electron chi connectivity index (χ1n) is 12.0. The Balaban J connectivity index is 1.46. The minimum absolute atomic E-state index is 0.00593. The van der Waals surface area contributed by atoms with Crippen LogP contribution in [0.25, 0.3) is 11.0 Å². The molecule has 0 unspecified atom stereocenters. The van der Waals surface area contributed by atoms with Gasteiger partial charge in [-0.25, -0.2) is 18.4 Å². The third-order valence-corrected chi connectivity index (χ3v) is 7.39. The number of anilines is 4. The largest absolute Gasteiger partial charge is 0.337 e. The smallest absolute Gasteiger partial charge is 0.263 e. The predicted molar refractivity (Wildman–Crippen MR) is 146 cm³/mol. The number of fused-ring (bicyclic) bond motifs is 2. The molecule has 5 rings (SSSR count). The number of nitrogens with one attached hydrogen (secondary N) is 3. The predicted octanol–water partition coefficient (Wildman–Crippen LogP) is 4.16. The number of hydrogen-bond donors (Lipinski definition) is 3. The number of carbonyl (C=O) groups is 1. The van der Waals surface area contributed by atoms with Crippen LogP contribution in [0.4, 0.5) is 23.0 Å². The van der Waals surface area contributed by atoms with Crippen LogP contribution in [0.15, 0.2) is 71.6 Å². The molecule has 0 atom stereocenters. The van der Waals surface area contributed by atoms with Gasteiger partial charge in [-0.1, -0.05) is 24.3 Å². The van der Waals surface area contributed by atoms with E-state index < -0.39 is 10.0 Å². The van der Waals surface area contributed by atoms with Crippen LogP contribution in [-0.2, 0) is 27.7 Å². The summed E-state index contributed by atoms with van der Waals surface area (Å²) in [5, 5.41) is 5.99. The van der Waals surface area contributed by atoms with Crippen molar-refractivity contribution in [3.8, 4) is 0 Å². The SMILES string of the molecule is CN(C)CC(=O)Nc1cccc(S(=O)(=O)Nc2nc3ccccc3nc2Nc2ccc3c(c2)CCC3)c1. The Hall–Kier alpha value is -4.02. The van der Waals surface area contributed by atoms with E-state index in [9.17, 15) is 13.2 Å². The number of aromatic nitrogens is 2. The van der Waals surface area contributed by atoms with Gasteiger partial charge in [0.1, 0.15) is 0 Å². The highest BCUT2D eigenvalue weighted by atomic mass is 32.2. The van der Waals surface area contributed by atoms with Gasteiger partial charge >= 0.3 is 0 Å². The average molecular weight is 517 g/mol. The number of nitrogens with zero attached hydrogens (tertiary/aromatic N) is 3. The Kier molecular flexibility index (Phi) is 6.77. The number of hydrogen-bond acceptors (Lipinski definition) is 7. The molecule has 10 heteroatoms. The van der Waals surface area contributed by atoms with E-state index >= 15 is 0 Å². The fourth-order valence-corrected chi connectivity index (χ4v) is 5.41. The van der Waals surface area contributed by atoms with E-state index in [0.717, 1.165) is 24.9 Å². The van der Waals surface area contributed by atoms with E-state index in [0.29, 0.717) is 22.5 Å². The van der Waals surface area contributed by atoms with Gasteiger partial charge in [-0.2, -0.15) is 0 Å². The highest BCUT2D eigenvalue weighted by Gasteiger charge is 2.20. The maximum absolute atomic E-state index is 13.4. The van der Waals surface area contributed by atoms with Gasteiger partial charge in [0.15, 0.2) is 11.6 Å². The maximum atomic E-state index is 13.4. The molecule has 1 aliphatic carbocycles. The number of benzene rings is 3. The van der Waals surface area contributed by atoms with Crippen LogP contribution in [-0.4, -0.2) is 49.8 Å². The first kappa shape index (κ1) is 24.7. The Labute approximate surface area is 216 Å². The molecule has 0 fully saturated rings. The monoisotopic (exact) mass is 516 g/mol. The quantitative estimate of drug-likeness (QED) is 0.322. The van der Waals surface area contributed by atoms with Crippen molar-refractivity contribution in [3.05, 3.63) is 77.9 Å². The van der Waals surface area contributed by atoms with Crippen molar-refractivity contribution in [1.82, 2.24) is 14.9 Å². The second-order valence-corrected chi connectivity index (χ2v) is 11.0. The molecular weight excluding hydrogens is 488 g/mol. The number of sulfonamides is 1. The Morgan fingerprint density at radius 1 is 0.865 bits per heavy atom. The Morgan fingerprint density at radius 2 is 1.59 bits per heavy atom. The molecule has 0 saturated carbocycles. The van der Waals surface area contributed by atoms with E-state index in [1.165, 1.54) is 23.3 Å². The van der Waals surface area contributed by atoms with Gasteiger partial charge in [0, 0.05) is 11.4 Å². The van der Waals surface area contributed by atoms with Gasteiger partial charge in [-0.3, -0.25) is 9.52 Å². The van der Waals surface area contributed by atoms with Crippen LogP contribution in [0.3, 0.4) is 0 Å². The zero-order valence-corrected chi connectivity index (χ0v) is 21.5. The number of amides is 1. The first-order chi connectivity index (χ1) is 17.8. The van der Waals surface area contributed by atoms with Crippen LogP contribution >= 0.6 is 0 Å². The highest BCUT2D eigenvalue weighted by molar-refractivity contribution is 7.92. The fourth-order valence-electron chi connectivity index (χ4n) is 4.36. The van der Waals surface area contributed by atoms with Crippen molar-refractivity contribution in [2.75, 3.05) is 36.0 Å². The molecule has 1 aromatic heterocycles.